The molecular formula is C13H11N3O. The Morgan fingerprint density at radius 3 is 2.88 bits per heavy atom. The fourth-order valence-corrected chi connectivity index (χ4v) is 1.78. The van der Waals surface area contributed by atoms with Gasteiger partial charge in [-0.25, -0.2) is 4.98 Å². The number of oxazole rings is 1. The van der Waals surface area contributed by atoms with E-state index in [0.29, 0.717) is 11.6 Å². The molecule has 1 aromatic carbocycles. The molecular weight excluding hydrogens is 214 g/mol. The third kappa shape index (κ3) is 1.63. The normalized spacial score (nSPS) is 10.9. The van der Waals surface area contributed by atoms with Gasteiger partial charge in [-0.15, -0.1) is 0 Å². The SMILES string of the molecule is Cc1cccc2nc(-c3cncc(N)c3)oc12. The number of hydrogen-bond donors (Lipinski definition) is 1. The molecule has 84 valence electrons. The maximum Gasteiger partial charge on any atom is 0.228 e. The standard InChI is InChI=1S/C13H11N3O/c1-8-3-2-4-11-12(8)17-13(16-11)9-5-10(14)7-15-6-9/h2-7H,14H2,1H3. The lowest BCUT2D eigenvalue weighted by Crippen LogP contribution is -1.87. The summed E-state index contributed by atoms with van der Waals surface area (Å²) in [5.41, 5.74) is 9.81. The minimum atomic E-state index is 0.550. The number of nitrogens with zero attached hydrogens (tertiary/aromatic N) is 2. The van der Waals surface area contributed by atoms with Crippen LogP contribution in [0.5, 0.6) is 0 Å². The third-order valence-electron chi connectivity index (χ3n) is 2.62. The topological polar surface area (TPSA) is 64.9 Å². The molecule has 4 heteroatoms. The summed E-state index contributed by atoms with van der Waals surface area (Å²) in [5.74, 6) is 0.550. The van der Waals surface area contributed by atoms with Crippen LogP contribution in [-0.2, 0) is 0 Å². The number of aryl methyl sites for hydroxylation is 1. The molecule has 0 saturated carbocycles. The van der Waals surface area contributed by atoms with Crippen molar-refractivity contribution in [3.63, 3.8) is 0 Å². The molecule has 3 aromatic rings. The molecule has 0 radical (unpaired) electrons. The Bertz CT molecular complexity index is 688. The van der Waals surface area contributed by atoms with Gasteiger partial charge in [0, 0.05) is 12.4 Å². The lowest BCUT2D eigenvalue weighted by molar-refractivity contribution is 0.617. The highest BCUT2D eigenvalue weighted by atomic mass is 16.3. The molecule has 0 atom stereocenters. The van der Waals surface area contributed by atoms with Gasteiger partial charge >= 0.3 is 0 Å². The number of aromatic nitrogens is 2. The number of para-hydroxylation sites is 1. The van der Waals surface area contributed by atoms with E-state index >= 15 is 0 Å². The Balaban J connectivity index is 2.22. The molecule has 0 unspecified atom stereocenters. The Kier molecular flexibility index (Phi) is 2.08. The number of anilines is 1. The summed E-state index contributed by atoms with van der Waals surface area (Å²) in [6, 6.07) is 7.68. The van der Waals surface area contributed by atoms with Crippen LogP contribution >= 0.6 is 0 Å². The summed E-state index contributed by atoms with van der Waals surface area (Å²) in [4.78, 5) is 8.45. The zero-order valence-corrected chi connectivity index (χ0v) is 9.34. The van der Waals surface area contributed by atoms with Gasteiger partial charge in [0.2, 0.25) is 5.89 Å². The summed E-state index contributed by atoms with van der Waals surface area (Å²) in [6.07, 6.45) is 3.29. The highest BCUT2D eigenvalue weighted by Gasteiger charge is 2.09. The second-order valence-corrected chi connectivity index (χ2v) is 3.95. The predicted octanol–water partition coefficient (Wildman–Crippen LogP) is 2.78. The Hall–Kier alpha value is -2.36. The summed E-state index contributed by atoms with van der Waals surface area (Å²) in [7, 11) is 0. The highest BCUT2D eigenvalue weighted by Crippen LogP contribution is 2.26. The molecule has 0 bridgehead atoms. The van der Waals surface area contributed by atoms with Crippen LogP contribution in [0, 0.1) is 6.92 Å². The van der Waals surface area contributed by atoms with Gasteiger partial charge in [-0.1, -0.05) is 12.1 Å². The van der Waals surface area contributed by atoms with Crippen molar-refractivity contribution in [3.05, 3.63) is 42.2 Å². The van der Waals surface area contributed by atoms with E-state index in [0.717, 1.165) is 22.2 Å². The second-order valence-electron chi connectivity index (χ2n) is 3.95. The minimum absolute atomic E-state index is 0.550. The van der Waals surface area contributed by atoms with E-state index in [1.165, 1.54) is 0 Å². The molecule has 0 aliphatic rings. The maximum atomic E-state index is 5.73. The van der Waals surface area contributed by atoms with Gasteiger partial charge in [0.25, 0.3) is 0 Å². The third-order valence-corrected chi connectivity index (χ3v) is 2.62. The highest BCUT2D eigenvalue weighted by molar-refractivity contribution is 5.79. The van der Waals surface area contributed by atoms with E-state index in [1.54, 1.807) is 18.5 Å². The molecule has 0 saturated heterocycles. The van der Waals surface area contributed by atoms with Crippen molar-refractivity contribution < 1.29 is 4.42 Å². The second kappa shape index (κ2) is 3.59. The summed E-state index contributed by atoms with van der Waals surface area (Å²) < 4.78 is 5.73. The van der Waals surface area contributed by atoms with Gasteiger partial charge in [0.1, 0.15) is 5.52 Å². The van der Waals surface area contributed by atoms with Crippen LogP contribution in [0.15, 0.2) is 41.1 Å². The van der Waals surface area contributed by atoms with Gasteiger partial charge < -0.3 is 10.2 Å². The summed E-state index contributed by atoms with van der Waals surface area (Å²) in [5, 5.41) is 0. The molecule has 0 aliphatic heterocycles. The van der Waals surface area contributed by atoms with Gasteiger partial charge in [-0.3, -0.25) is 4.98 Å². The number of hydrogen-bond acceptors (Lipinski definition) is 4. The lowest BCUT2D eigenvalue weighted by Gasteiger charge is -1.95. The van der Waals surface area contributed by atoms with Gasteiger partial charge in [0.05, 0.1) is 11.3 Å². The first-order valence-corrected chi connectivity index (χ1v) is 5.31. The fraction of sp³-hybridized carbons (Fsp3) is 0.0769. The molecule has 2 aromatic heterocycles. The van der Waals surface area contributed by atoms with Crippen molar-refractivity contribution in [3.8, 4) is 11.5 Å². The lowest BCUT2D eigenvalue weighted by atomic mass is 10.2. The van der Waals surface area contributed by atoms with Crippen molar-refractivity contribution in [2.45, 2.75) is 6.92 Å². The van der Waals surface area contributed by atoms with Crippen molar-refractivity contribution in [1.29, 1.82) is 0 Å². The van der Waals surface area contributed by atoms with E-state index in [-0.39, 0.29) is 0 Å². The molecule has 17 heavy (non-hydrogen) atoms. The number of rotatable bonds is 1. The molecule has 3 rings (SSSR count). The largest absolute Gasteiger partial charge is 0.436 e. The maximum absolute atomic E-state index is 5.73. The molecule has 2 N–H and O–H groups in total. The molecule has 0 amide bonds. The van der Waals surface area contributed by atoms with Crippen molar-refractivity contribution in [2.75, 3.05) is 5.73 Å². The quantitative estimate of drug-likeness (QED) is 0.691. The van der Waals surface area contributed by atoms with Gasteiger partial charge in [-0.2, -0.15) is 0 Å². The van der Waals surface area contributed by atoms with Crippen LogP contribution in [0.2, 0.25) is 0 Å². The molecule has 0 spiro atoms. The zero-order valence-electron chi connectivity index (χ0n) is 9.34. The average molecular weight is 225 g/mol. The van der Waals surface area contributed by atoms with E-state index in [4.69, 9.17) is 10.2 Å². The van der Waals surface area contributed by atoms with Crippen molar-refractivity contribution in [2.24, 2.45) is 0 Å². The Labute approximate surface area is 98.1 Å². The zero-order chi connectivity index (χ0) is 11.8. The van der Waals surface area contributed by atoms with E-state index < -0.39 is 0 Å². The monoisotopic (exact) mass is 225 g/mol. The number of nitrogens with two attached hydrogens (primary N) is 1. The number of benzene rings is 1. The molecule has 0 aliphatic carbocycles. The average Bonchev–Trinajstić information content (AvgIpc) is 2.74. The van der Waals surface area contributed by atoms with Crippen LogP contribution in [0.4, 0.5) is 5.69 Å². The van der Waals surface area contributed by atoms with Gasteiger partial charge in [-0.05, 0) is 24.6 Å². The molecule has 0 fully saturated rings. The fourth-order valence-electron chi connectivity index (χ4n) is 1.78. The van der Waals surface area contributed by atoms with E-state index in [1.807, 2.05) is 25.1 Å². The van der Waals surface area contributed by atoms with Crippen LogP contribution in [0.1, 0.15) is 5.56 Å². The summed E-state index contributed by atoms with van der Waals surface area (Å²) >= 11 is 0. The van der Waals surface area contributed by atoms with Gasteiger partial charge in [0.15, 0.2) is 5.58 Å². The van der Waals surface area contributed by atoms with Crippen LogP contribution in [-0.4, -0.2) is 9.97 Å². The number of pyridine rings is 1. The number of nitrogen functional groups attached to an aromatic ring is 1. The Morgan fingerprint density at radius 1 is 1.24 bits per heavy atom. The molecule has 2 heterocycles. The van der Waals surface area contributed by atoms with E-state index in [9.17, 15) is 0 Å². The van der Waals surface area contributed by atoms with Crippen LogP contribution < -0.4 is 5.73 Å². The molecule has 4 nitrogen and oxygen atoms in total. The summed E-state index contributed by atoms with van der Waals surface area (Å²) in [6.45, 7) is 1.99. The smallest absolute Gasteiger partial charge is 0.228 e. The predicted molar refractivity (Wildman–Crippen MR) is 66.4 cm³/mol. The minimum Gasteiger partial charge on any atom is -0.436 e. The first-order valence-electron chi connectivity index (χ1n) is 5.31. The first-order chi connectivity index (χ1) is 8.24. The number of fused-ring (bicyclic) bond motifs is 1. The Morgan fingerprint density at radius 2 is 2.12 bits per heavy atom. The van der Waals surface area contributed by atoms with E-state index in [2.05, 4.69) is 9.97 Å². The first kappa shape index (κ1) is 9.84. The van der Waals surface area contributed by atoms with Crippen LogP contribution in [0.3, 0.4) is 0 Å². The van der Waals surface area contributed by atoms with Crippen molar-refractivity contribution in [1.82, 2.24) is 9.97 Å². The van der Waals surface area contributed by atoms with Crippen LogP contribution in [0.25, 0.3) is 22.6 Å². The van der Waals surface area contributed by atoms with Crippen molar-refractivity contribution >= 4 is 16.8 Å².